The van der Waals surface area contributed by atoms with Gasteiger partial charge in [0.1, 0.15) is 0 Å². The highest BCUT2D eigenvalue weighted by Gasteiger charge is 2.12. The molecular weight excluding hydrogens is 224 g/mol. The molecule has 0 bridgehead atoms. The van der Waals surface area contributed by atoms with E-state index < -0.39 is 0 Å². The summed E-state index contributed by atoms with van der Waals surface area (Å²) >= 11 is 0. The third-order valence-corrected chi connectivity index (χ3v) is 5.12. The largest absolute Gasteiger partial charge is 0.294 e. The Kier molecular flexibility index (Phi) is 6.48. The van der Waals surface area contributed by atoms with Crippen molar-refractivity contribution < 1.29 is 0 Å². The number of hydrogen-bond donors (Lipinski definition) is 0. The summed E-state index contributed by atoms with van der Waals surface area (Å²) in [4.78, 5) is 4.62. The van der Waals surface area contributed by atoms with Crippen molar-refractivity contribution in [3.05, 3.63) is 30.3 Å². The maximum Gasteiger partial charge on any atom is 0.0612 e. The summed E-state index contributed by atoms with van der Waals surface area (Å²) in [5.41, 5.74) is 0. The first-order valence-electron chi connectivity index (χ1n) is 6.48. The number of nitrogens with zero attached hydrogens (tertiary/aromatic N) is 2. The molecule has 0 spiro atoms. The van der Waals surface area contributed by atoms with E-state index in [1.165, 1.54) is 18.9 Å². The Bertz CT molecular complexity index is 290. The van der Waals surface area contributed by atoms with Crippen LogP contribution < -0.4 is 5.19 Å². The zero-order valence-electron chi connectivity index (χ0n) is 11.7. The predicted molar refractivity (Wildman–Crippen MR) is 79.8 cm³/mol. The first-order chi connectivity index (χ1) is 8.11. The van der Waals surface area contributed by atoms with Crippen LogP contribution in [0.1, 0.15) is 12.8 Å². The van der Waals surface area contributed by atoms with Gasteiger partial charge in [0.05, 0.1) is 15.7 Å². The number of rotatable bonds is 7. The lowest BCUT2D eigenvalue weighted by Crippen LogP contribution is -2.40. The molecule has 0 aromatic heterocycles. The Balaban J connectivity index is 2.23. The summed E-state index contributed by atoms with van der Waals surface area (Å²) in [7, 11) is 8.62. The van der Waals surface area contributed by atoms with Gasteiger partial charge in [0.25, 0.3) is 0 Å². The topological polar surface area (TPSA) is 6.48 Å². The first kappa shape index (κ1) is 14.4. The van der Waals surface area contributed by atoms with Crippen molar-refractivity contribution in [1.82, 2.24) is 9.80 Å². The van der Waals surface area contributed by atoms with Crippen molar-refractivity contribution in [1.29, 1.82) is 0 Å². The van der Waals surface area contributed by atoms with Crippen LogP contribution in [0.5, 0.6) is 0 Å². The summed E-state index contributed by atoms with van der Waals surface area (Å²) in [5, 5.41) is 1.60. The molecule has 96 valence electrons. The van der Waals surface area contributed by atoms with Gasteiger partial charge in [-0.2, -0.15) is 0 Å². The van der Waals surface area contributed by atoms with E-state index in [9.17, 15) is 0 Å². The molecule has 1 rings (SSSR count). The first-order valence-corrected chi connectivity index (χ1v) is 8.18. The molecule has 0 fully saturated rings. The van der Waals surface area contributed by atoms with Gasteiger partial charge in [-0.05, 0) is 34.6 Å². The fourth-order valence-electron chi connectivity index (χ4n) is 2.28. The monoisotopic (exact) mass is 250 g/mol. The van der Waals surface area contributed by atoms with Crippen LogP contribution >= 0.6 is 0 Å². The smallest absolute Gasteiger partial charge is 0.0612 e. The second-order valence-electron chi connectivity index (χ2n) is 5.14. The van der Waals surface area contributed by atoms with Gasteiger partial charge in [-0.1, -0.05) is 48.0 Å². The minimum Gasteiger partial charge on any atom is -0.294 e. The van der Waals surface area contributed by atoms with Crippen LogP contribution in [-0.2, 0) is 0 Å². The normalized spacial score (nSPS) is 12.4. The van der Waals surface area contributed by atoms with Crippen molar-refractivity contribution in [2.45, 2.75) is 25.1 Å². The van der Waals surface area contributed by atoms with E-state index >= 15 is 0 Å². The van der Waals surface area contributed by atoms with Crippen molar-refractivity contribution in [2.24, 2.45) is 0 Å². The predicted octanol–water partition coefficient (Wildman–Crippen LogP) is 1.13. The SMILES string of the molecule is CN(C)C(CCC[SiH2]c1ccccc1)N(C)C. The van der Waals surface area contributed by atoms with Crippen LogP contribution in [0.15, 0.2) is 30.3 Å². The van der Waals surface area contributed by atoms with Crippen LogP contribution in [0.3, 0.4) is 0 Å². The molecule has 3 heteroatoms. The molecule has 0 heterocycles. The van der Waals surface area contributed by atoms with E-state index in [-0.39, 0.29) is 9.52 Å². The van der Waals surface area contributed by atoms with E-state index in [0.717, 1.165) is 0 Å². The molecule has 0 radical (unpaired) electrons. The standard InChI is InChI=1S/C14H26N2Si/c1-15(2)14(16(3)4)11-8-12-17-13-9-6-5-7-10-13/h5-7,9-10,14H,8,11-12,17H2,1-4H3. The molecule has 1 aromatic rings. The Hall–Kier alpha value is -0.643. The summed E-state index contributed by atoms with van der Waals surface area (Å²) in [6.07, 6.45) is 3.21. The fourth-order valence-corrected chi connectivity index (χ4v) is 3.83. The number of benzene rings is 1. The summed E-state index contributed by atoms with van der Waals surface area (Å²) in [6, 6.07) is 12.4. The van der Waals surface area contributed by atoms with E-state index in [1.807, 2.05) is 0 Å². The van der Waals surface area contributed by atoms with Crippen LogP contribution in [-0.4, -0.2) is 53.7 Å². The van der Waals surface area contributed by atoms with E-state index in [1.54, 1.807) is 5.19 Å². The maximum absolute atomic E-state index is 2.31. The van der Waals surface area contributed by atoms with E-state index in [0.29, 0.717) is 6.17 Å². The third kappa shape index (κ3) is 5.48. The lowest BCUT2D eigenvalue weighted by Gasteiger charge is -2.30. The Morgan fingerprint density at radius 1 is 1.00 bits per heavy atom. The molecule has 0 saturated heterocycles. The van der Waals surface area contributed by atoms with Crippen molar-refractivity contribution in [3.63, 3.8) is 0 Å². The lowest BCUT2D eigenvalue weighted by molar-refractivity contribution is 0.119. The molecule has 0 aliphatic carbocycles. The summed E-state index contributed by atoms with van der Waals surface area (Å²) in [6.45, 7) is 0. The van der Waals surface area contributed by atoms with Gasteiger partial charge in [-0.3, -0.25) is 9.80 Å². The van der Waals surface area contributed by atoms with Gasteiger partial charge in [0.15, 0.2) is 0 Å². The Morgan fingerprint density at radius 3 is 2.12 bits per heavy atom. The fraction of sp³-hybridized carbons (Fsp3) is 0.571. The molecule has 0 aliphatic heterocycles. The van der Waals surface area contributed by atoms with Crippen molar-refractivity contribution >= 4 is 14.7 Å². The molecule has 17 heavy (non-hydrogen) atoms. The average Bonchev–Trinajstić information content (AvgIpc) is 2.29. The zero-order valence-corrected chi connectivity index (χ0v) is 13.1. The van der Waals surface area contributed by atoms with Crippen LogP contribution in [0.2, 0.25) is 6.04 Å². The summed E-state index contributed by atoms with van der Waals surface area (Å²) < 4.78 is 0. The minimum atomic E-state index is -0.0406. The van der Waals surface area contributed by atoms with Gasteiger partial charge in [0.2, 0.25) is 0 Å². The quantitative estimate of drug-likeness (QED) is 0.407. The molecule has 0 unspecified atom stereocenters. The highest BCUT2D eigenvalue weighted by Crippen LogP contribution is 2.08. The highest BCUT2D eigenvalue weighted by atomic mass is 28.2. The molecule has 0 aliphatic rings. The van der Waals surface area contributed by atoms with Gasteiger partial charge in [0, 0.05) is 0 Å². The molecule has 1 aromatic carbocycles. The van der Waals surface area contributed by atoms with Gasteiger partial charge in [-0.25, -0.2) is 0 Å². The number of hydrogen-bond acceptors (Lipinski definition) is 2. The lowest BCUT2D eigenvalue weighted by atomic mass is 10.2. The van der Waals surface area contributed by atoms with Crippen molar-refractivity contribution in [3.8, 4) is 0 Å². The molecule has 0 amide bonds. The van der Waals surface area contributed by atoms with Crippen LogP contribution in [0, 0.1) is 0 Å². The summed E-state index contributed by atoms with van der Waals surface area (Å²) in [5.74, 6) is 0. The molecular formula is C14H26N2Si. The molecule has 0 saturated carbocycles. The van der Waals surface area contributed by atoms with Crippen LogP contribution in [0.4, 0.5) is 0 Å². The molecule has 2 nitrogen and oxygen atoms in total. The second-order valence-corrected chi connectivity index (χ2v) is 7.16. The van der Waals surface area contributed by atoms with Crippen LogP contribution in [0.25, 0.3) is 0 Å². The average molecular weight is 250 g/mol. The Labute approximate surface area is 108 Å². The third-order valence-electron chi connectivity index (χ3n) is 3.21. The van der Waals surface area contributed by atoms with Gasteiger partial charge in [-0.15, -0.1) is 0 Å². The molecule has 0 N–H and O–H groups in total. The van der Waals surface area contributed by atoms with E-state index in [4.69, 9.17) is 0 Å². The van der Waals surface area contributed by atoms with E-state index in [2.05, 4.69) is 68.3 Å². The maximum atomic E-state index is 2.31. The highest BCUT2D eigenvalue weighted by molar-refractivity contribution is 6.53. The van der Waals surface area contributed by atoms with Gasteiger partial charge < -0.3 is 0 Å². The minimum absolute atomic E-state index is 0.0406. The second kappa shape index (κ2) is 7.64. The zero-order chi connectivity index (χ0) is 12.7. The molecule has 0 atom stereocenters. The Morgan fingerprint density at radius 2 is 1.59 bits per heavy atom. The van der Waals surface area contributed by atoms with Gasteiger partial charge >= 0.3 is 0 Å². The van der Waals surface area contributed by atoms with Crippen molar-refractivity contribution in [2.75, 3.05) is 28.2 Å².